The predicted octanol–water partition coefficient (Wildman–Crippen LogP) is 1.58. The highest BCUT2D eigenvalue weighted by molar-refractivity contribution is 7.89. The number of ketones is 1. The average molecular weight is 429 g/mol. The van der Waals surface area contributed by atoms with Crippen LogP contribution in [0.25, 0.3) is 0 Å². The SMILES string of the molecule is CC(=O)c1ccc(N2CCN(C(=O)[C@H]3Nc4cc(C)ccc4S(=O)(=O)N3)CC2)cc1. The van der Waals surface area contributed by atoms with Crippen LogP contribution in [0, 0.1) is 6.92 Å². The molecule has 8 nitrogen and oxygen atoms in total. The van der Waals surface area contributed by atoms with Crippen molar-refractivity contribution in [3.05, 3.63) is 53.6 Å². The van der Waals surface area contributed by atoms with Gasteiger partial charge in [-0.1, -0.05) is 6.07 Å². The van der Waals surface area contributed by atoms with Crippen molar-refractivity contribution in [3.63, 3.8) is 0 Å². The first-order valence-electron chi connectivity index (χ1n) is 9.79. The van der Waals surface area contributed by atoms with Crippen molar-refractivity contribution in [2.75, 3.05) is 36.4 Å². The van der Waals surface area contributed by atoms with E-state index in [1.165, 1.54) is 13.0 Å². The van der Waals surface area contributed by atoms with Gasteiger partial charge in [0.2, 0.25) is 10.0 Å². The van der Waals surface area contributed by atoms with Gasteiger partial charge in [0.25, 0.3) is 5.91 Å². The maximum atomic E-state index is 13.0. The number of aryl methyl sites for hydroxylation is 1. The lowest BCUT2D eigenvalue weighted by atomic mass is 10.1. The minimum absolute atomic E-state index is 0.0242. The van der Waals surface area contributed by atoms with E-state index < -0.39 is 16.2 Å². The second-order valence-electron chi connectivity index (χ2n) is 7.61. The summed E-state index contributed by atoms with van der Waals surface area (Å²) in [6, 6.07) is 12.4. The van der Waals surface area contributed by atoms with E-state index in [2.05, 4.69) is 14.9 Å². The summed E-state index contributed by atoms with van der Waals surface area (Å²) < 4.78 is 27.5. The first-order valence-corrected chi connectivity index (χ1v) is 11.3. The lowest BCUT2D eigenvalue weighted by Gasteiger charge is -2.38. The molecule has 30 heavy (non-hydrogen) atoms. The van der Waals surface area contributed by atoms with Gasteiger partial charge in [0, 0.05) is 37.4 Å². The third-order valence-electron chi connectivity index (χ3n) is 5.47. The monoisotopic (exact) mass is 428 g/mol. The molecule has 4 rings (SSSR count). The van der Waals surface area contributed by atoms with E-state index in [0.29, 0.717) is 37.4 Å². The largest absolute Gasteiger partial charge is 0.368 e. The topological polar surface area (TPSA) is 98.8 Å². The van der Waals surface area contributed by atoms with Crippen molar-refractivity contribution in [3.8, 4) is 0 Å². The number of fused-ring (bicyclic) bond motifs is 1. The van der Waals surface area contributed by atoms with Crippen LogP contribution in [0.2, 0.25) is 0 Å². The quantitative estimate of drug-likeness (QED) is 0.721. The lowest BCUT2D eigenvalue weighted by Crippen LogP contribution is -2.58. The zero-order chi connectivity index (χ0) is 21.5. The summed E-state index contributed by atoms with van der Waals surface area (Å²) in [6.45, 7) is 5.62. The van der Waals surface area contributed by atoms with E-state index in [1.54, 1.807) is 29.2 Å². The summed E-state index contributed by atoms with van der Waals surface area (Å²) in [4.78, 5) is 28.4. The van der Waals surface area contributed by atoms with Gasteiger partial charge in [0.15, 0.2) is 11.9 Å². The van der Waals surface area contributed by atoms with Crippen molar-refractivity contribution in [2.24, 2.45) is 0 Å². The lowest BCUT2D eigenvalue weighted by molar-refractivity contribution is -0.132. The van der Waals surface area contributed by atoms with Crippen LogP contribution >= 0.6 is 0 Å². The number of sulfonamides is 1. The fourth-order valence-electron chi connectivity index (χ4n) is 3.78. The van der Waals surface area contributed by atoms with Crippen LogP contribution < -0.4 is 14.9 Å². The molecular weight excluding hydrogens is 404 g/mol. The molecule has 2 aliphatic rings. The Balaban J connectivity index is 1.43. The number of piperazine rings is 1. The van der Waals surface area contributed by atoms with Crippen molar-refractivity contribution in [1.29, 1.82) is 0 Å². The molecule has 0 unspecified atom stereocenters. The molecule has 0 radical (unpaired) electrons. The highest BCUT2D eigenvalue weighted by Crippen LogP contribution is 2.27. The molecule has 2 aromatic rings. The van der Waals surface area contributed by atoms with Gasteiger partial charge in [-0.05, 0) is 55.8 Å². The standard InChI is InChI=1S/C21H24N4O4S/c1-14-3-8-19-18(13-14)22-20(23-30(19,28)29)21(27)25-11-9-24(10-12-25)17-6-4-16(5-7-17)15(2)26/h3-8,13,20,22-23H,9-12H2,1-2H3/t20-/m0/s1. The van der Waals surface area contributed by atoms with E-state index in [-0.39, 0.29) is 16.6 Å². The smallest absolute Gasteiger partial charge is 0.261 e. The van der Waals surface area contributed by atoms with E-state index >= 15 is 0 Å². The van der Waals surface area contributed by atoms with Crippen LogP contribution in [-0.2, 0) is 14.8 Å². The first kappa shape index (κ1) is 20.4. The molecule has 1 fully saturated rings. The van der Waals surface area contributed by atoms with Crippen LogP contribution in [0.15, 0.2) is 47.4 Å². The van der Waals surface area contributed by atoms with Gasteiger partial charge in [-0.15, -0.1) is 0 Å². The summed E-state index contributed by atoms with van der Waals surface area (Å²) in [5, 5.41) is 3.02. The van der Waals surface area contributed by atoms with Gasteiger partial charge >= 0.3 is 0 Å². The molecule has 2 aliphatic heterocycles. The highest BCUT2D eigenvalue weighted by Gasteiger charge is 2.36. The van der Waals surface area contributed by atoms with Crippen LogP contribution in [0.4, 0.5) is 11.4 Å². The summed E-state index contributed by atoms with van der Waals surface area (Å²) in [6.07, 6.45) is -1.02. The Morgan fingerprint density at radius 3 is 2.30 bits per heavy atom. The van der Waals surface area contributed by atoms with Gasteiger partial charge < -0.3 is 15.1 Å². The number of hydrogen-bond acceptors (Lipinski definition) is 6. The van der Waals surface area contributed by atoms with Crippen molar-refractivity contribution < 1.29 is 18.0 Å². The van der Waals surface area contributed by atoms with E-state index in [1.807, 2.05) is 19.1 Å². The summed E-state index contributed by atoms with van der Waals surface area (Å²) in [5.74, 6) is -0.270. The second-order valence-corrected chi connectivity index (χ2v) is 9.30. The van der Waals surface area contributed by atoms with Gasteiger partial charge in [-0.3, -0.25) is 9.59 Å². The van der Waals surface area contributed by atoms with Crippen LogP contribution in [0.5, 0.6) is 0 Å². The van der Waals surface area contributed by atoms with Gasteiger partial charge in [-0.2, -0.15) is 4.72 Å². The van der Waals surface area contributed by atoms with E-state index in [9.17, 15) is 18.0 Å². The highest BCUT2D eigenvalue weighted by atomic mass is 32.2. The summed E-state index contributed by atoms with van der Waals surface area (Å²) in [5.41, 5.74) is 3.01. The molecule has 0 spiro atoms. The number of amides is 1. The molecule has 2 aromatic carbocycles. The summed E-state index contributed by atoms with van der Waals surface area (Å²) >= 11 is 0. The molecule has 0 aliphatic carbocycles. The molecule has 1 amide bonds. The normalized spacial score (nSPS) is 20.3. The van der Waals surface area contributed by atoms with E-state index in [4.69, 9.17) is 0 Å². The van der Waals surface area contributed by atoms with Crippen LogP contribution in [0.3, 0.4) is 0 Å². The number of Topliss-reactive ketones (excluding diaryl/α,β-unsaturated/α-hetero) is 1. The molecule has 1 atom stereocenters. The molecule has 0 aromatic heterocycles. The Labute approximate surface area is 175 Å². The third-order valence-corrected chi connectivity index (χ3v) is 6.96. The Morgan fingerprint density at radius 2 is 1.67 bits per heavy atom. The summed E-state index contributed by atoms with van der Waals surface area (Å²) in [7, 11) is -3.75. The Hall–Kier alpha value is -2.91. The fourth-order valence-corrected chi connectivity index (χ4v) is 5.03. The molecule has 1 saturated heterocycles. The third kappa shape index (κ3) is 3.90. The van der Waals surface area contributed by atoms with Gasteiger partial charge in [-0.25, -0.2) is 8.42 Å². The number of benzene rings is 2. The van der Waals surface area contributed by atoms with Crippen molar-refractivity contribution in [1.82, 2.24) is 9.62 Å². The zero-order valence-electron chi connectivity index (χ0n) is 16.9. The van der Waals surface area contributed by atoms with Crippen molar-refractivity contribution in [2.45, 2.75) is 24.9 Å². The number of anilines is 2. The van der Waals surface area contributed by atoms with Crippen LogP contribution in [-0.4, -0.2) is 57.4 Å². The average Bonchev–Trinajstić information content (AvgIpc) is 2.72. The first-order chi connectivity index (χ1) is 14.2. The zero-order valence-corrected chi connectivity index (χ0v) is 17.7. The molecule has 2 heterocycles. The molecule has 2 N–H and O–H groups in total. The number of carbonyl (C=O) groups excluding carboxylic acids is 2. The van der Waals surface area contributed by atoms with Gasteiger partial charge in [0.1, 0.15) is 4.90 Å². The van der Waals surface area contributed by atoms with Crippen molar-refractivity contribution >= 4 is 33.1 Å². The van der Waals surface area contributed by atoms with Gasteiger partial charge in [0.05, 0.1) is 5.69 Å². The predicted molar refractivity (Wildman–Crippen MR) is 114 cm³/mol. The number of nitrogens with one attached hydrogen (secondary N) is 2. The maximum absolute atomic E-state index is 13.0. The minimum Gasteiger partial charge on any atom is -0.368 e. The molecule has 0 saturated carbocycles. The number of rotatable bonds is 3. The number of hydrogen-bond donors (Lipinski definition) is 2. The molecule has 9 heteroatoms. The number of carbonyl (C=O) groups is 2. The Kier molecular flexibility index (Phi) is 5.25. The Bertz CT molecular complexity index is 1090. The Morgan fingerprint density at radius 1 is 1.00 bits per heavy atom. The molecule has 158 valence electrons. The number of nitrogens with zero attached hydrogens (tertiary/aromatic N) is 2. The molecule has 0 bridgehead atoms. The van der Waals surface area contributed by atoms with Crippen LogP contribution in [0.1, 0.15) is 22.8 Å². The second kappa shape index (κ2) is 7.73. The van der Waals surface area contributed by atoms with E-state index in [0.717, 1.165) is 11.3 Å². The maximum Gasteiger partial charge on any atom is 0.261 e. The minimum atomic E-state index is -3.75. The fraction of sp³-hybridized carbons (Fsp3) is 0.333. The molecular formula is C21H24N4O4S.